The van der Waals surface area contributed by atoms with Gasteiger partial charge in [0.2, 0.25) is 11.9 Å². The molecule has 1 aliphatic rings. The third-order valence-electron chi connectivity index (χ3n) is 5.48. The number of pyridine rings is 1. The van der Waals surface area contributed by atoms with Gasteiger partial charge in [0.1, 0.15) is 5.76 Å². The van der Waals surface area contributed by atoms with Crippen molar-refractivity contribution in [2.24, 2.45) is 0 Å². The van der Waals surface area contributed by atoms with E-state index in [1.54, 1.807) is 29.6 Å². The highest BCUT2D eigenvalue weighted by molar-refractivity contribution is 5.76. The first-order valence-electron chi connectivity index (χ1n) is 10.7. The van der Waals surface area contributed by atoms with Crippen LogP contribution >= 0.6 is 0 Å². The minimum Gasteiger partial charge on any atom is -0.467 e. The van der Waals surface area contributed by atoms with E-state index in [1.807, 2.05) is 30.0 Å². The van der Waals surface area contributed by atoms with E-state index in [4.69, 9.17) is 9.15 Å². The van der Waals surface area contributed by atoms with Crippen molar-refractivity contribution in [3.8, 4) is 0 Å². The number of hydrogen-bond acceptors (Lipinski definition) is 7. The molecule has 168 valence electrons. The highest BCUT2D eigenvalue weighted by atomic mass is 16.5. The Kier molecular flexibility index (Phi) is 6.96. The largest absolute Gasteiger partial charge is 0.467 e. The van der Waals surface area contributed by atoms with Crippen molar-refractivity contribution in [1.82, 2.24) is 19.9 Å². The number of anilines is 1. The zero-order valence-electron chi connectivity index (χ0n) is 18.1. The van der Waals surface area contributed by atoms with E-state index < -0.39 is 0 Å². The Labute approximate surface area is 186 Å². The predicted molar refractivity (Wildman–Crippen MR) is 118 cm³/mol. The lowest BCUT2D eigenvalue weighted by Crippen LogP contribution is -2.38. The van der Waals surface area contributed by atoms with Gasteiger partial charge in [-0.2, -0.15) is 0 Å². The Morgan fingerprint density at radius 3 is 2.75 bits per heavy atom. The van der Waals surface area contributed by atoms with Gasteiger partial charge >= 0.3 is 0 Å². The summed E-state index contributed by atoms with van der Waals surface area (Å²) >= 11 is 0. The molecule has 0 aliphatic carbocycles. The number of aromatic nitrogens is 3. The van der Waals surface area contributed by atoms with Crippen molar-refractivity contribution < 1.29 is 13.9 Å². The smallest absolute Gasteiger partial charge is 0.255 e. The lowest BCUT2D eigenvalue weighted by Gasteiger charge is -2.27. The molecule has 3 aromatic rings. The molecule has 1 aliphatic heterocycles. The fourth-order valence-electron chi connectivity index (χ4n) is 3.74. The number of ether oxygens (including phenoxy) is 1. The van der Waals surface area contributed by atoms with Crippen molar-refractivity contribution in [2.75, 3.05) is 31.2 Å². The van der Waals surface area contributed by atoms with Crippen LogP contribution in [0.3, 0.4) is 0 Å². The van der Waals surface area contributed by atoms with Crippen molar-refractivity contribution in [2.45, 2.75) is 32.9 Å². The van der Waals surface area contributed by atoms with Crippen LogP contribution < -0.4 is 10.5 Å². The van der Waals surface area contributed by atoms with E-state index in [2.05, 4.69) is 15.0 Å². The van der Waals surface area contributed by atoms with E-state index in [0.29, 0.717) is 68.8 Å². The average molecular weight is 438 g/mol. The Bertz CT molecular complexity index is 1080. The predicted octanol–water partition coefficient (Wildman–Crippen LogP) is 2.06. The Morgan fingerprint density at radius 1 is 1.22 bits per heavy atom. The van der Waals surface area contributed by atoms with E-state index in [9.17, 15) is 9.59 Å². The fourth-order valence-corrected chi connectivity index (χ4v) is 3.74. The van der Waals surface area contributed by atoms with Crippen LogP contribution in [0.5, 0.6) is 0 Å². The zero-order valence-corrected chi connectivity index (χ0v) is 18.1. The molecule has 1 amide bonds. The summed E-state index contributed by atoms with van der Waals surface area (Å²) in [5, 5.41) is 0. The molecule has 4 heterocycles. The summed E-state index contributed by atoms with van der Waals surface area (Å²) in [6.45, 7) is 5.19. The van der Waals surface area contributed by atoms with Gasteiger partial charge in [-0.3, -0.25) is 19.6 Å². The van der Waals surface area contributed by atoms with Gasteiger partial charge in [-0.15, -0.1) is 0 Å². The van der Waals surface area contributed by atoms with Gasteiger partial charge in [0.15, 0.2) is 0 Å². The van der Waals surface area contributed by atoms with Gasteiger partial charge in [-0.05, 0) is 37.1 Å². The van der Waals surface area contributed by atoms with E-state index in [0.717, 1.165) is 5.56 Å². The van der Waals surface area contributed by atoms with Crippen LogP contribution in [0, 0.1) is 6.92 Å². The van der Waals surface area contributed by atoms with Gasteiger partial charge in [-0.25, -0.2) is 4.98 Å². The number of hydrogen-bond donors (Lipinski definition) is 1. The molecule has 0 unspecified atom stereocenters. The zero-order chi connectivity index (χ0) is 22.3. The topological polar surface area (TPSA) is 105 Å². The Morgan fingerprint density at radius 2 is 2.06 bits per heavy atom. The number of carbonyl (C=O) groups is 1. The highest BCUT2D eigenvalue weighted by Gasteiger charge is 2.19. The van der Waals surface area contributed by atoms with E-state index in [1.165, 1.54) is 0 Å². The molecule has 1 fully saturated rings. The number of aryl methyl sites for hydroxylation is 1. The van der Waals surface area contributed by atoms with Crippen LogP contribution in [0.4, 0.5) is 5.95 Å². The van der Waals surface area contributed by atoms with Crippen molar-refractivity contribution in [3.05, 3.63) is 75.9 Å². The summed E-state index contributed by atoms with van der Waals surface area (Å²) < 4.78 is 10.8. The molecule has 0 atom stereocenters. The van der Waals surface area contributed by atoms with Crippen LogP contribution in [0.15, 0.2) is 52.1 Å². The Hall–Kier alpha value is -3.46. The molecular formula is C23H27N5O4. The fraction of sp³-hybridized carbons (Fsp3) is 0.391. The highest BCUT2D eigenvalue weighted by Crippen LogP contribution is 2.15. The summed E-state index contributed by atoms with van der Waals surface area (Å²) in [5.41, 5.74) is 1.91. The number of nitrogens with one attached hydrogen (secondary N) is 1. The first-order valence-corrected chi connectivity index (χ1v) is 10.7. The third-order valence-corrected chi connectivity index (χ3v) is 5.48. The number of H-pyrrole nitrogens is 1. The second-order valence-electron chi connectivity index (χ2n) is 7.74. The van der Waals surface area contributed by atoms with Crippen LogP contribution in [0.25, 0.3) is 0 Å². The van der Waals surface area contributed by atoms with Crippen LogP contribution in [0.2, 0.25) is 0 Å². The van der Waals surface area contributed by atoms with Crippen molar-refractivity contribution in [1.29, 1.82) is 0 Å². The number of furan rings is 1. The molecule has 32 heavy (non-hydrogen) atoms. The summed E-state index contributed by atoms with van der Waals surface area (Å²) in [7, 11) is 0. The quantitative estimate of drug-likeness (QED) is 0.575. The molecule has 3 aromatic heterocycles. The maximum absolute atomic E-state index is 13.1. The molecule has 1 N–H and O–H groups in total. The molecule has 9 nitrogen and oxygen atoms in total. The van der Waals surface area contributed by atoms with Crippen LogP contribution in [-0.4, -0.2) is 52.1 Å². The summed E-state index contributed by atoms with van der Waals surface area (Å²) in [6, 6.07) is 7.41. The molecule has 1 saturated heterocycles. The molecule has 4 rings (SSSR count). The number of aromatic amines is 1. The van der Waals surface area contributed by atoms with Gasteiger partial charge in [0.25, 0.3) is 5.56 Å². The number of rotatable bonds is 8. The first-order chi connectivity index (χ1) is 15.6. The molecule has 0 saturated carbocycles. The molecular weight excluding hydrogens is 410 g/mol. The normalized spacial score (nSPS) is 13.8. The molecule has 0 spiro atoms. The molecule has 0 radical (unpaired) electrons. The molecule has 0 bridgehead atoms. The maximum atomic E-state index is 13.1. The van der Waals surface area contributed by atoms with E-state index in [-0.39, 0.29) is 17.9 Å². The van der Waals surface area contributed by atoms with Crippen molar-refractivity contribution in [3.63, 3.8) is 0 Å². The van der Waals surface area contributed by atoms with Gasteiger partial charge in [0.05, 0.1) is 26.0 Å². The van der Waals surface area contributed by atoms with Gasteiger partial charge < -0.3 is 19.0 Å². The summed E-state index contributed by atoms with van der Waals surface area (Å²) in [6.07, 6.45) is 5.55. The summed E-state index contributed by atoms with van der Waals surface area (Å²) in [5.74, 6) is 1.19. The summed E-state index contributed by atoms with van der Waals surface area (Å²) in [4.78, 5) is 41.1. The second kappa shape index (κ2) is 10.2. The SMILES string of the molecule is Cc1nc(N2CCOCC2)[nH]c(=O)c1CCC(=O)N(Cc1cccnc1)Cc1ccco1. The minimum atomic E-state index is -0.198. The van der Waals surface area contributed by atoms with Gasteiger partial charge in [-0.1, -0.05) is 6.07 Å². The first kappa shape index (κ1) is 21.8. The van der Waals surface area contributed by atoms with Gasteiger partial charge in [0, 0.05) is 49.7 Å². The average Bonchev–Trinajstić information content (AvgIpc) is 3.32. The number of nitrogens with zero attached hydrogens (tertiary/aromatic N) is 4. The second-order valence-corrected chi connectivity index (χ2v) is 7.74. The minimum absolute atomic E-state index is 0.0682. The lowest BCUT2D eigenvalue weighted by molar-refractivity contribution is -0.132. The third kappa shape index (κ3) is 5.42. The number of amides is 1. The standard InChI is InChI=1S/C23H27N5O4/c1-17-20(22(30)26-23(25-17)27-9-12-31-13-10-27)6-7-21(29)28(16-19-5-3-11-32-19)15-18-4-2-8-24-14-18/h2-5,8,11,14H,6-7,9-10,12-13,15-16H2,1H3,(H,25,26,30). The number of morpholine rings is 1. The number of carbonyl (C=O) groups excluding carboxylic acids is 1. The van der Waals surface area contributed by atoms with Crippen LogP contribution in [0.1, 0.15) is 29.0 Å². The Balaban J connectivity index is 1.45. The van der Waals surface area contributed by atoms with E-state index >= 15 is 0 Å². The maximum Gasteiger partial charge on any atom is 0.255 e. The van der Waals surface area contributed by atoms with Crippen molar-refractivity contribution >= 4 is 11.9 Å². The molecule has 9 heteroatoms. The van der Waals surface area contributed by atoms with Crippen LogP contribution in [-0.2, 0) is 29.0 Å². The lowest BCUT2D eigenvalue weighted by atomic mass is 10.1. The monoisotopic (exact) mass is 437 g/mol. The molecule has 0 aromatic carbocycles.